The van der Waals surface area contributed by atoms with Gasteiger partial charge in [0.25, 0.3) is 0 Å². The summed E-state index contributed by atoms with van der Waals surface area (Å²) in [5, 5.41) is 9.09. The normalized spacial score (nSPS) is 11.2. The number of carbonyl (C=O) groups is 1. The minimum Gasteiger partial charge on any atom is -0.467 e. The predicted octanol–water partition coefficient (Wildman–Crippen LogP) is 2.54. The molecule has 0 unspecified atom stereocenters. The zero-order valence-electron chi connectivity index (χ0n) is 14.1. The van der Waals surface area contributed by atoms with E-state index in [2.05, 4.69) is 27.9 Å². The summed E-state index contributed by atoms with van der Waals surface area (Å²) in [7, 11) is 0. The van der Waals surface area contributed by atoms with Gasteiger partial charge in [0.1, 0.15) is 12.3 Å². The first-order valence-electron chi connectivity index (χ1n) is 8.14. The number of guanidine groups is 1. The SMILES string of the molecule is CCNC(=NCC(=O)Nc1cccc(CC)c1)NCc1ccco1. The molecule has 24 heavy (non-hydrogen) atoms. The zero-order chi connectivity index (χ0) is 17.2. The van der Waals surface area contributed by atoms with Crippen LogP contribution in [-0.4, -0.2) is 25.0 Å². The van der Waals surface area contributed by atoms with E-state index < -0.39 is 0 Å². The molecular formula is C18H24N4O2. The Morgan fingerprint density at radius 1 is 1.17 bits per heavy atom. The Kier molecular flexibility index (Phi) is 6.89. The Labute approximate surface area is 142 Å². The average Bonchev–Trinajstić information content (AvgIpc) is 3.11. The Balaban J connectivity index is 1.88. The molecule has 0 aliphatic carbocycles. The van der Waals surface area contributed by atoms with E-state index in [4.69, 9.17) is 4.42 Å². The van der Waals surface area contributed by atoms with Crippen molar-refractivity contribution in [3.05, 3.63) is 54.0 Å². The number of furan rings is 1. The van der Waals surface area contributed by atoms with Gasteiger partial charge in [-0.3, -0.25) is 4.79 Å². The van der Waals surface area contributed by atoms with Gasteiger partial charge in [0.05, 0.1) is 12.8 Å². The Hall–Kier alpha value is -2.76. The fourth-order valence-corrected chi connectivity index (χ4v) is 2.15. The minimum atomic E-state index is -0.154. The monoisotopic (exact) mass is 328 g/mol. The van der Waals surface area contributed by atoms with Gasteiger partial charge in [-0.15, -0.1) is 0 Å². The second-order valence-electron chi connectivity index (χ2n) is 5.23. The third-order valence-corrected chi connectivity index (χ3v) is 3.35. The number of nitrogens with zero attached hydrogens (tertiary/aromatic N) is 1. The van der Waals surface area contributed by atoms with Crippen molar-refractivity contribution in [1.29, 1.82) is 0 Å². The van der Waals surface area contributed by atoms with Crippen LogP contribution in [0, 0.1) is 0 Å². The van der Waals surface area contributed by atoms with E-state index in [1.165, 1.54) is 5.56 Å². The first kappa shape index (κ1) is 17.6. The molecule has 1 amide bonds. The van der Waals surface area contributed by atoms with Crippen molar-refractivity contribution in [2.45, 2.75) is 26.8 Å². The predicted molar refractivity (Wildman–Crippen MR) is 96.0 cm³/mol. The smallest absolute Gasteiger partial charge is 0.246 e. The molecule has 1 aromatic heterocycles. The molecule has 0 fully saturated rings. The van der Waals surface area contributed by atoms with Crippen LogP contribution in [0.3, 0.4) is 0 Å². The number of benzene rings is 1. The first-order chi connectivity index (χ1) is 11.7. The molecule has 0 radical (unpaired) electrons. The van der Waals surface area contributed by atoms with Gasteiger partial charge in [0.15, 0.2) is 5.96 Å². The van der Waals surface area contributed by atoms with Crippen molar-refractivity contribution in [2.24, 2.45) is 4.99 Å². The summed E-state index contributed by atoms with van der Waals surface area (Å²) in [5.41, 5.74) is 1.98. The second-order valence-corrected chi connectivity index (χ2v) is 5.23. The fourth-order valence-electron chi connectivity index (χ4n) is 2.15. The summed E-state index contributed by atoms with van der Waals surface area (Å²) < 4.78 is 5.26. The van der Waals surface area contributed by atoms with Crippen molar-refractivity contribution in [2.75, 3.05) is 18.4 Å². The molecule has 0 aliphatic heterocycles. The number of nitrogens with one attached hydrogen (secondary N) is 3. The van der Waals surface area contributed by atoms with Gasteiger partial charge in [0.2, 0.25) is 5.91 Å². The third kappa shape index (κ3) is 5.79. The van der Waals surface area contributed by atoms with Gasteiger partial charge in [-0.1, -0.05) is 19.1 Å². The van der Waals surface area contributed by atoms with Crippen molar-refractivity contribution >= 4 is 17.6 Å². The number of aryl methyl sites for hydroxylation is 1. The van der Waals surface area contributed by atoms with Crippen LogP contribution in [0.5, 0.6) is 0 Å². The number of anilines is 1. The maximum absolute atomic E-state index is 12.1. The minimum absolute atomic E-state index is 0.0455. The van der Waals surface area contributed by atoms with Crippen LogP contribution in [0.1, 0.15) is 25.2 Å². The standard InChI is InChI=1S/C18H24N4O2/c1-3-14-7-5-8-15(11-14)22-17(23)13-21-18(19-4-2)20-12-16-9-6-10-24-16/h5-11H,3-4,12-13H2,1-2H3,(H,22,23)(H2,19,20,21). The highest BCUT2D eigenvalue weighted by molar-refractivity contribution is 5.94. The van der Waals surface area contributed by atoms with Crippen molar-refractivity contribution in [3.63, 3.8) is 0 Å². The molecule has 128 valence electrons. The van der Waals surface area contributed by atoms with E-state index in [9.17, 15) is 4.79 Å². The zero-order valence-corrected chi connectivity index (χ0v) is 14.1. The van der Waals surface area contributed by atoms with Gasteiger partial charge < -0.3 is 20.4 Å². The van der Waals surface area contributed by atoms with Crippen molar-refractivity contribution in [3.8, 4) is 0 Å². The maximum Gasteiger partial charge on any atom is 0.246 e. The van der Waals surface area contributed by atoms with E-state index in [-0.39, 0.29) is 12.5 Å². The van der Waals surface area contributed by atoms with Crippen LogP contribution >= 0.6 is 0 Å². The molecule has 0 atom stereocenters. The van der Waals surface area contributed by atoms with Gasteiger partial charge in [0, 0.05) is 12.2 Å². The van der Waals surface area contributed by atoms with E-state index in [1.807, 2.05) is 43.3 Å². The number of aliphatic imine (C=N–C) groups is 1. The van der Waals surface area contributed by atoms with Crippen LogP contribution in [-0.2, 0) is 17.8 Å². The van der Waals surface area contributed by atoms with E-state index in [0.29, 0.717) is 19.0 Å². The van der Waals surface area contributed by atoms with Crippen LogP contribution in [0.15, 0.2) is 52.1 Å². The molecule has 0 bridgehead atoms. The largest absolute Gasteiger partial charge is 0.467 e. The lowest BCUT2D eigenvalue weighted by atomic mass is 10.1. The first-order valence-corrected chi connectivity index (χ1v) is 8.14. The molecule has 0 aliphatic rings. The molecule has 3 N–H and O–H groups in total. The molecule has 0 saturated heterocycles. The Morgan fingerprint density at radius 2 is 2.04 bits per heavy atom. The number of hydrogen-bond donors (Lipinski definition) is 3. The second kappa shape index (κ2) is 9.39. The van der Waals surface area contributed by atoms with E-state index >= 15 is 0 Å². The molecule has 2 aromatic rings. The Bertz CT molecular complexity index is 665. The van der Waals surface area contributed by atoms with E-state index in [0.717, 1.165) is 17.9 Å². The lowest BCUT2D eigenvalue weighted by molar-refractivity contribution is -0.114. The summed E-state index contributed by atoms with van der Waals surface area (Å²) in [6.45, 7) is 5.33. The van der Waals surface area contributed by atoms with E-state index in [1.54, 1.807) is 6.26 Å². The average molecular weight is 328 g/mol. The highest BCUT2D eigenvalue weighted by Crippen LogP contribution is 2.10. The van der Waals surface area contributed by atoms with Crippen LogP contribution in [0.4, 0.5) is 5.69 Å². The summed E-state index contributed by atoms with van der Waals surface area (Å²) >= 11 is 0. The van der Waals surface area contributed by atoms with Crippen LogP contribution in [0.25, 0.3) is 0 Å². The lowest BCUT2D eigenvalue weighted by Crippen LogP contribution is -2.37. The summed E-state index contributed by atoms with van der Waals surface area (Å²) in [5.74, 6) is 1.23. The highest BCUT2D eigenvalue weighted by Gasteiger charge is 2.04. The van der Waals surface area contributed by atoms with Gasteiger partial charge in [-0.25, -0.2) is 4.99 Å². The number of hydrogen-bond acceptors (Lipinski definition) is 3. The number of rotatable bonds is 7. The fraction of sp³-hybridized carbons (Fsp3) is 0.333. The molecule has 6 heteroatoms. The summed E-state index contributed by atoms with van der Waals surface area (Å²) in [4.78, 5) is 16.4. The number of carbonyl (C=O) groups excluding carboxylic acids is 1. The topological polar surface area (TPSA) is 78.7 Å². The highest BCUT2D eigenvalue weighted by atomic mass is 16.3. The third-order valence-electron chi connectivity index (χ3n) is 3.35. The van der Waals surface area contributed by atoms with Crippen molar-refractivity contribution < 1.29 is 9.21 Å². The van der Waals surface area contributed by atoms with Gasteiger partial charge in [-0.2, -0.15) is 0 Å². The molecule has 0 saturated carbocycles. The van der Waals surface area contributed by atoms with Gasteiger partial charge >= 0.3 is 0 Å². The number of amides is 1. The summed E-state index contributed by atoms with van der Waals surface area (Å²) in [6.07, 6.45) is 2.56. The molecule has 6 nitrogen and oxygen atoms in total. The van der Waals surface area contributed by atoms with Crippen molar-refractivity contribution in [1.82, 2.24) is 10.6 Å². The van der Waals surface area contributed by atoms with Gasteiger partial charge in [-0.05, 0) is 43.2 Å². The lowest BCUT2D eigenvalue weighted by Gasteiger charge is -2.10. The van der Waals surface area contributed by atoms with Crippen LogP contribution < -0.4 is 16.0 Å². The molecule has 1 aromatic carbocycles. The maximum atomic E-state index is 12.1. The quantitative estimate of drug-likeness (QED) is 0.539. The molecule has 1 heterocycles. The Morgan fingerprint density at radius 3 is 2.75 bits per heavy atom. The molecule has 2 rings (SSSR count). The van der Waals surface area contributed by atoms with Crippen LogP contribution in [0.2, 0.25) is 0 Å². The molecular weight excluding hydrogens is 304 g/mol. The molecule has 0 spiro atoms. The summed E-state index contributed by atoms with van der Waals surface area (Å²) in [6, 6.07) is 11.5.